The molecule has 1 fully saturated rings. The molecule has 0 spiro atoms. The monoisotopic (exact) mass is 507 g/mol. The highest BCUT2D eigenvalue weighted by atomic mass is 19.4. The van der Waals surface area contributed by atoms with Crippen LogP contribution in [0.1, 0.15) is 27.9 Å². The number of nitrogens with zero attached hydrogens (tertiary/aromatic N) is 1. The number of likely N-dealkylation sites (tertiary alicyclic amines) is 1. The number of hydrogen-bond donors (Lipinski definition) is 4. The number of alkyl halides is 3. The fraction of sp³-hybridized carbons (Fsp3) is 0.375. The van der Waals surface area contributed by atoms with Crippen LogP contribution >= 0.6 is 0 Å². The Kier molecular flexibility index (Phi) is 8.88. The number of aldehydes is 1. The van der Waals surface area contributed by atoms with Crippen molar-refractivity contribution < 1.29 is 32.3 Å². The van der Waals surface area contributed by atoms with Crippen LogP contribution in [0.15, 0.2) is 48.5 Å². The number of rotatable bonds is 8. The average Bonchev–Trinajstić information content (AvgIpc) is 2.84. The third-order valence-corrected chi connectivity index (χ3v) is 5.77. The highest BCUT2D eigenvalue weighted by Crippen LogP contribution is 2.31. The first-order chi connectivity index (χ1) is 17.1. The maximum atomic E-state index is 13.0. The molecule has 0 aromatic heterocycles. The van der Waals surface area contributed by atoms with Gasteiger partial charge in [0.2, 0.25) is 0 Å². The molecule has 2 aromatic carbocycles. The van der Waals surface area contributed by atoms with Gasteiger partial charge in [0.25, 0.3) is 5.91 Å². The Bertz CT molecular complexity index is 1070. The number of carbonyl (C=O) groups excluding carboxylic acids is 3. The Balaban J connectivity index is 1.63. The number of likely N-dealkylation sites (N-methyl/N-ethyl adjacent to an activating group) is 1. The van der Waals surface area contributed by atoms with Crippen LogP contribution in [0.2, 0.25) is 0 Å². The standard InChI is InChI=1S/C24H28F3N5O4/c1-32-10-9-19(30-23(35)36-14-15-5-3-2-4-6-15)20(12-32)29-21(13-33)31-22(34)17-11-16(24(25,26)27)7-8-18(17)28/h2-8,11,13,19-21,29H,9-10,12,14,28H2,1H3,(H,30,35)(H,31,34)/t19-,20+,21?/m0/s1. The Morgan fingerprint density at radius 1 is 1.19 bits per heavy atom. The first-order valence-corrected chi connectivity index (χ1v) is 11.2. The van der Waals surface area contributed by atoms with Crippen molar-refractivity contribution in [3.8, 4) is 0 Å². The smallest absolute Gasteiger partial charge is 0.416 e. The number of nitrogen functional groups attached to an aromatic ring is 1. The number of hydrogen-bond acceptors (Lipinski definition) is 7. The largest absolute Gasteiger partial charge is 0.445 e. The van der Waals surface area contributed by atoms with E-state index in [1.807, 2.05) is 42.3 Å². The molecule has 0 bridgehead atoms. The van der Waals surface area contributed by atoms with Gasteiger partial charge in [-0.05, 0) is 43.8 Å². The zero-order chi connectivity index (χ0) is 26.3. The lowest BCUT2D eigenvalue weighted by atomic mass is 9.99. The van der Waals surface area contributed by atoms with Gasteiger partial charge in [0.05, 0.1) is 17.2 Å². The molecular formula is C24H28F3N5O4. The Labute approximate surface area is 206 Å². The lowest BCUT2D eigenvalue weighted by Crippen LogP contribution is -2.63. The van der Waals surface area contributed by atoms with Crippen molar-refractivity contribution in [3.63, 3.8) is 0 Å². The summed E-state index contributed by atoms with van der Waals surface area (Å²) >= 11 is 0. The van der Waals surface area contributed by atoms with E-state index in [9.17, 15) is 27.6 Å². The number of amides is 2. The number of anilines is 1. The molecule has 9 nitrogen and oxygen atoms in total. The Morgan fingerprint density at radius 3 is 2.58 bits per heavy atom. The van der Waals surface area contributed by atoms with Gasteiger partial charge >= 0.3 is 12.3 Å². The Morgan fingerprint density at radius 2 is 1.92 bits per heavy atom. The molecule has 2 aromatic rings. The highest BCUT2D eigenvalue weighted by molar-refractivity contribution is 6.00. The van der Waals surface area contributed by atoms with Crippen molar-refractivity contribution in [1.29, 1.82) is 0 Å². The van der Waals surface area contributed by atoms with Crippen LogP contribution in [0.25, 0.3) is 0 Å². The van der Waals surface area contributed by atoms with Crippen LogP contribution in [0.3, 0.4) is 0 Å². The predicted molar refractivity (Wildman–Crippen MR) is 126 cm³/mol. The number of nitrogens with two attached hydrogens (primary N) is 1. The normalized spacial score (nSPS) is 19.2. The lowest BCUT2D eigenvalue weighted by molar-refractivity contribution is -0.137. The summed E-state index contributed by atoms with van der Waals surface area (Å²) in [6.07, 6.45) is -5.59. The molecule has 1 aliphatic rings. The van der Waals surface area contributed by atoms with E-state index in [-0.39, 0.29) is 12.3 Å². The summed E-state index contributed by atoms with van der Waals surface area (Å²) in [4.78, 5) is 38.7. The highest BCUT2D eigenvalue weighted by Gasteiger charge is 2.33. The Hall–Kier alpha value is -3.64. The van der Waals surface area contributed by atoms with E-state index < -0.39 is 47.6 Å². The van der Waals surface area contributed by atoms with Crippen LogP contribution in [-0.4, -0.2) is 61.6 Å². The lowest BCUT2D eigenvalue weighted by Gasteiger charge is -2.38. The molecule has 0 radical (unpaired) electrons. The third-order valence-electron chi connectivity index (χ3n) is 5.77. The van der Waals surface area contributed by atoms with Gasteiger partial charge < -0.3 is 26.0 Å². The third kappa shape index (κ3) is 7.43. The van der Waals surface area contributed by atoms with Crippen LogP contribution in [0.4, 0.5) is 23.7 Å². The molecular weight excluding hydrogens is 479 g/mol. The summed E-state index contributed by atoms with van der Waals surface area (Å²) in [5, 5.41) is 8.10. The van der Waals surface area contributed by atoms with E-state index >= 15 is 0 Å². The van der Waals surface area contributed by atoms with Gasteiger partial charge in [-0.25, -0.2) is 4.79 Å². The number of carbonyl (C=O) groups is 3. The maximum absolute atomic E-state index is 13.0. The average molecular weight is 508 g/mol. The van der Waals surface area contributed by atoms with Crippen molar-refractivity contribution in [2.24, 2.45) is 0 Å². The molecule has 3 rings (SSSR count). The van der Waals surface area contributed by atoms with Crippen molar-refractivity contribution in [2.75, 3.05) is 25.9 Å². The van der Waals surface area contributed by atoms with Crippen LogP contribution < -0.4 is 21.7 Å². The summed E-state index contributed by atoms with van der Waals surface area (Å²) in [6, 6.07) is 10.6. The molecule has 1 unspecified atom stereocenters. The maximum Gasteiger partial charge on any atom is 0.416 e. The zero-order valence-corrected chi connectivity index (χ0v) is 19.5. The van der Waals surface area contributed by atoms with E-state index in [1.54, 1.807) is 0 Å². The second kappa shape index (κ2) is 11.9. The SMILES string of the molecule is CN1CC[C@H](NC(=O)OCc2ccccc2)[C@H](NC(C=O)NC(=O)c2cc(C(F)(F)F)ccc2N)C1. The number of nitrogens with one attached hydrogen (secondary N) is 3. The van der Waals surface area contributed by atoms with E-state index in [0.717, 1.165) is 17.7 Å². The van der Waals surface area contributed by atoms with Gasteiger partial charge in [0.15, 0.2) is 6.29 Å². The molecule has 3 atom stereocenters. The van der Waals surface area contributed by atoms with Crippen LogP contribution in [-0.2, 0) is 22.3 Å². The number of alkyl carbamates (subject to hydrolysis) is 1. The number of ether oxygens (including phenoxy) is 1. The number of halogens is 3. The molecule has 0 saturated carbocycles. The van der Waals surface area contributed by atoms with Crippen LogP contribution in [0, 0.1) is 0 Å². The molecule has 12 heteroatoms. The van der Waals surface area contributed by atoms with Gasteiger partial charge in [-0.1, -0.05) is 30.3 Å². The second-order valence-corrected chi connectivity index (χ2v) is 8.52. The summed E-state index contributed by atoms with van der Waals surface area (Å²) < 4.78 is 44.4. The summed E-state index contributed by atoms with van der Waals surface area (Å²) in [5.74, 6) is -0.945. The van der Waals surface area contributed by atoms with Crippen molar-refractivity contribution >= 4 is 24.0 Å². The molecule has 2 amide bonds. The van der Waals surface area contributed by atoms with E-state index in [1.165, 1.54) is 0 Å². The number of piperidine rings is 1. The summed E-state index contributed by atoms with van der Waals surface area (Å²) in [5.41, 5.74) is 4.91. The number of benzene rings is 2. The van der Waals surface area contributed by atoms with E-state index in [4.69, 9.17) is 10.5 Å². The fourth-order valence-electron chi connectivity index (χ4n) is 3.87. The first-order valence-electron chi connectivity index (χ1n) is 11.2. The molecule has 5 N–H and O–H groups in total. The predicted octanol–water partition coefficient (Wildman–Crippen LogP) is 2.13. The first kappa shape index (κ1) is 27.0. The quantitative estimate of drug-likeness (QED) is 0.245. The zero-order valence-electron chi connectivity index (χ0n) is 19.5. The molecule has 1 saturated heterocycles. The van der Waals surface area contributed by atoms with E-state index in [0.29, 0.717) is 31.9 Å². The van der Waals surface area contributed by atoms with Gasteiger partial charge in [-0.3, -0.25) is 14.9 Å². The minimum atomic E-state index is -4.66. The minimum absolute atomic E-state index is 0.0861. The molecule has 36 heavy (non-hydrogen) atoms. The van der Waals surface area contributed by atoms with Gasteiger partial charge in [-0.2, -0.15) is 13.2 Å². The second-order valence-electron chi connectivity index (χ2n) is 8.52. The molecule has 194 valence electrons. The molecule has 1 aliphatic heterocycles. The molecule has 0 aliphatic carbocycles. The van der Waals surface area contributed by atoms with Gasteiger partial charge in [-0.15, -0.1) is 0 Å². The topological polar surface area (TPSA) is 126 Å². The van der Waals surface area contributed by atoms with Gasteiger partial charge in [0.1, 0.15) is 12.8 Å². The van der Waals surface area contributed by atoms with Crippen molar-refractivity contribution in [1.82, 2.24) is 20.9 Å². The summed E-state index contributed by atoms with van der Waals surface area (Å²) in [6.45, 7) is 1.18. The minimum Gasteiger partial charge on any atom is -0.445 e. The molecule has 1 heterocycles. The summed E-state index contributed by atoms with van der Waals surface area (Å²) in [7, 11) is 1.86. The van der Waals surface area contributed by atoms with Crippen molar-refractivity contribution in [3.05, 3.63) is 65.2 Å². The van der Waals surface area contributed by atoms with Crippen molar-refractivity contribution in [2.45, 2.75) is 37.5 Å². The fourth-order valence-corrected chi connectivity index (χ4v) is 3.87. The van der Waals surface area contributed by atoms with Gasteiger partial charge in [0, 0.05) is 18.3 Å². The van der Waals surface area contributed by atoms with E-state index in [2.05, 4.69) is 16.0 Å². The van der Waals surface area contributed by atoms with Crippen LogP contribution in [0.5, 0.6) is 0 Å².